The Labute approximate surface area is 180 Å². The third-order valence-electron chi connectivity index (χ3n) is 4.75. The summed E-state index contributed by atoms with van der Waals surface area (Å²) in [5.74, 6) is -0.519. The maximum atomic E-state index is 12.9. The van der Waals surface area contributed by atoms with Crippen molar-refractivity contribution in [3.63, 3.8) is 0 Å². The number of nitro groups is 1. The van der Waals surface area contributed by atoms with Crippen LogP contribution < -0.4 is 10.2 Å². The van der Waals surface area contributed by atoms with Crippen LogP contribution in [0.3, 0.4) is 0 Å². The van der Waals surface area contributed by atoms with Gasteiger partial charge in [0.1, 0.15) is 17.6 Å². The average Bonchev–Trinajstić information content (AvgIpc) is 2.74. The van der Waals surface area contributed by atoms with E-state index in [0.29, 0.717) is 27.1 Å². The molecule has 0 radical (unpaired) electrons. The van der Waals surface area contributed by atoms with Crippen molar-refractivity contribution >= 4 is 34.2 Å². The van der Waals surface area contributed by atoms with Crippen molar-refractivity contribution in [2.75, 3.05) is 0 Å². The number of nitro benzene ring substituents is 1. The minimum atomic E-state index is -0.688. The smallest absolute Gasteiger partial charge is 0.343 e. The predicted octanol–water partition coefficient (Wildman–Crippen LogP) is 5.55. The Hall–Kier alpha value is -3.97. The molecule has 0 saturated heterocycles. The first kappa shape index (κ1) is 20.3. The van der Waals surface area contributed by atoms with Crippen molar-refractivity contribution in [1.29, 1.82) is 0 Å². The Morgan fingerprint density at radius 3 is 2.55 bits per heavy atom. The number of benzene rings is 3. The van der Waals surface area contributed by atoms with Gasteiger partial charge in [-0.05, 0) is 37.3 Å². The maximum absolute atomic E-state index is 12.9. The Kier molecular flexibility index (Phi) is 5.27. The van der Waals surface area contributed by atoms with Gasteiger partial charge in [0.2, 0.25) is 5.43 Å². The van der Waals surface area contributed by atoms with Crippen molar-refractivity contribution in [3.05, 3.63) is 103 Å². The van der Waals surface area contributed by atoms with E-state index in [9.17, 15) is 19.7 Å². The Morgan fingerprint density at radius 1 is 1.06 bits per heavy atom. The van der Waals surface area contributed by atoms with Crippen LogP contribution >= 0.6 is 11.6 Å². The van der Waals surface area contributed by atoms with Crippen molar-refractivity contribution in [3.8, 4) is 16.9 Å². The number of fused-ring (bicyclic) bond motifs is 1. The summed E-state index contributed by atoms with van der Waals surface area (Å²) in [6, 6.07) is 15.3. The van der Waals surface area contributed by atoms with Gasteiger partial charge in [0, 0.05) is 28.3 Å². The number of ether oxygens (including phenoxy) is 1. The van der Waals surface area contributed by atoms with Crippen LogP contribution in [0.4, 0.5) is 5.69 Å². The van der Waals surface area contributed by atoms with Crippen molar-refractivity contribution in [1.82, 2.24) is 0 Å². The van der Waals surface area contributed by atoms with Gasteiger partial charge >= 0.3 is 5.97 Å². The number of esters is 1. The zero-order valence-electron chi connectivity index (χ0n) is 16.1. The van der Waals surface area contributed by atoms with Gasteiger partial charge in [0.15, 0.2) is 0 Å². The fraction of sp³-hybridized carbons (Fsp3) is 0.0435. The van der Waals surface area contributed by atoms with E-state index in [1.165, 1.54) is 49.6 Å². The zero-order chi connectivity index (χ0) is 22.1. The number of nitrogens with zero attached hydrogens (tertiary/aromatic N) is 1. The molecule has 1 aromatic heterocycles. The molecule has 8 heteroatoms. The highest BCUT2D eigenvalue weighted by atomic mass is 35.5. The number of rotatable bonds is 4. The third kappa shape index (κ3) is 3.91. The molecule has 0 aliphatic heterocycles. The highest BCUT2D eigenvalue weighted by molar-refractivity contribution is 6.33. The lowest BCUT2D eigenvalue weighted by atomic mass is 10.1. The molecule has 4 aromatic rings. The van der Waals surface area contributed by atoms with Crippen LogP contribution in [0.15, 0.2) is 76.1 Å². The second-order valence-electron chi connectivity index (χ2n) is 6.76. The minimum Gasteiger partial charge on any atom is -0.463 e. The topological polar surface area (TPSA) is 99.7 Å². The lowest BCUT2D eigenvalue weighted by Gasteiger charge is -2.08. The first-order chi connectivity index (χ1) is 14.8. The average molecular weight is 436 g/mol. The van der Waals surface area contributed by atoms with Gasteiger partial charge in [-0.25, -0.2) is 4.79 Å². The first-order valence-corrected chi connectivity index (χ1v) is 9.50. The van der Waals surface area contributed by atoms with E-state index < -0.39 is 10.9 Å². The fourth-order valence-corrected chi connectivity index (χ4v) is 3.43. The van der Waals surface area contributed by atoms with Gasteiger partial charge in [-0.3, -0.25) is 14.9 Å². The number of hydrogen-bond acceptors (Lipinski definition) is 6. The van der Waals surface area contributed by atoms with Crippen LogP contribution in [0.25, 0.3) is 22.1 Å². The molecular formula is C23H14ClNO6. The molecule has 154 valence electrons. The van der Waals surface area contributed by atoms with E-state index in [-0.39, 0.29) is 28.0 Å². The molecule has 0 aliphatic carbocycles. The lowest BCUT2D eigenvalue weighted by molar-refractivity contribution is -0.385. The number of carbonyl (C=O) groups excluding carboxylic acids is 1. The summed E-state index contributed by atoms with van der Waals surface area (Å²) in [6.07, 6.45) is 1.32. The molecule has 0 bridgehead atoms. The molecule has 3 aromatic carbocycles. The number of carbonyl (C=O) groups is 1. The van der Waals surface area contributed by atoms with Crippen LogP contribution in [0.5, 0.6) is 5.75 Å². The largest absolute Gasteiger partial charge is 0.463 e. The standard InChI is InChI=1S/C23H14ClNO6/c1-13-10-14(6-9-20(13)25(28)29)23(27)31-15-7-8-17-21(11-15)30-12-18(22(17)26)16-4-2-3-5-19(16)24/h2-12H,1H3. The van der Waals surface area contributed by atoms with Crippen LogP contribution in [0.2, 0.25) is 5.02 Å². The van der Waals surface area contributed by atoms with Gasteiger partial charge in [-0.2, -0.15) is 0 Å². The number of aryl methyl sites for hydroxylation is 1. The number of hydrogen-bond donors (Lipinski definition) is 0. The normalized spacial score (nSPS) is 10.8. The fourth-order valence-electron chi connectivity index (χ4n) is 3.19. The quantitative estimate of drug-likeness (QED) is 0.180. The first-order valence-electron chi connectivity index (χ1n) is 9.13. The molecule has 7 nitrogen and oxygen atoms in total. The lowest BCUT2D eigenvalue weighted by Crippen LogP contribution is -2.10. The van der Waals surface area contributed by atoms with Gasteiger partial charge in [-0.15, -0.1) is 0 Å². The molecule has 0 amide bonds. The molecule has 0 atom stereocenters. The van der Waals surface area contributed by atoms with E-state index in [1.54, 1.807) is 24.3 Å². The van der Waals surface area contributed by atoms with Crippen LogP contribution in [-0.2, 0) is 0 Å². The second-order valence-corrected chi connectivity index (χ2v) is 7.17. The van der Waals surface area contributed by atoms with E-state index in [1.807, 2.05) is 0 Å². The summed E-state index contributed by atoms with van der Waals surface area (Å²) in [4.78, 5) is 35.7. The van der Waals surface area contributed by atoms with E-state index in [0.717, 1.165) is 0 Å². The molecule has 0 aliphatic rings. The summed E-state index contributed by atoms with van der Waals surface area (Å²) < 4.78 is 10.9. The molecule has 0 spiro atoms. The summed E-state index contributed by atoms with van der Waals surface area (Å²) in [6.45, 7) is 1.54. The summed E-state index contributed by atoms with van der Waals surface area (Å²) in [5, 5.41) is 11.7. The zero-order valence-corrected chi connectivity index (χ0v) is 16.9. The van der Waals surface area contributed by atoms with Crippen molar-refractivity contribution < 1.29 is 18.9 Å². The summed E-state index contributed by atoms with van der Waals surface area (Å²) >= 11 is 6.19. The Balaban J connectivity index is 1.64. The van der Waals surface area contributed by atoms with Gasteiger partial charge in [-0.1, -0.05) is 29.8 Å². The van der Waals surface area contributed by atoms with Crippen LogP contribution in [0, 0.1) is 17.0 Å². The predicted molar refractivity (Wildman–Crippen MR) is 116 cm³/mol. The van der Waals surface area contributed by atoms with Crippen molar-refractivity contribution in [2.24, 2.45) is 0 Å². The van der Waals surface area contributed by atoms with Gasteiger partial charge in [0.25, 0.3) is 5.69 Å². The SMILES string of the molecule is Cc1cc(C(=O)Oc2ccc3c(=O)c(-c4ccccc4Cl)coc3c2)ccc1[N+](=O)[O-]. The second kappa shape index (κ2) is 8.04. The molecule has 31 heavy (non-hydrogen) atoms. The maximum Gasteiger partial charge on any atom is 0.343 e. The minimum absolute atomic E-state index is 0.0849. The van der Waals surface area contributed by atoms with E-state index in [4.69, 9.17) is 20.8 Å². The Morgan fingerprint density at radius 2 is 1.84 bits per heavy atom. The van der Waals surface area contributed by atoms with Crippen molar-refractivity contribution in [2.45, 2.75) is 6.92 Å². The highest BCUT2D eigenvalue weighted by Gasteiger charge is 2.17. The van der Waals surface area contributed by atoms with Gasteiger partial charge < -0.3 is 9.15 Å². The molecule has 0 N–H and O–H groups in total. The molecule has 4 rings (SSSR count). The molecule has 0 fully saturated rings. The monoisotopic (exact) mass is 435 g/mol. The van der Waals surface area contributed by atoms with Crippen LogP contribution in [-0.4, -0.2) is 10.9 Å². The highest BCUT2D eigenvalue weighted by Crippen LogP contribution is 2.28. The summed E-state index contributed by atoms with van der Waals surface area (Å²) in [7, 11) is 0. The Bertz CT molecular complexity index is 1410. The third-order valence-corrected chi connectivity index (χ3v) is 5.08. The summed E-state index contributed by atoms with van der Waals surface area (Å²) in [5.41, 5.74) is 1.28. The molecule has 1 heterocycles. The van der Waals surface area contributed by atoms with Gasteiger partial charge in [0.05, 0.1) is 21.4 Å². The molecule has 0 saturated carbocycles. The molecule has 0 unspecified atom stereocenters. The van der Waals surface area contributed by atoms with Crippen LogP contribution in [0.1, 0.15) is 15.9 Å². The van der Waals surface area contributed by atoms with E-state index >= 15 is 0 Å². The van der Waals surface area contributed by atoms with E-state index in [2.05, 4.69) is 0 Å². The number of halogens is 1. The molecular weight excluding hydrogens is 422 g/mol.